The average Bonchev–Trinajstić information content (AvgIpc) is 2.41. The average molecular weight is 342 g/mol. The van der Waals surface area contributed by atoms with Crippen LogP contribution in [0.2, 0.25) is 5.02 Å². The molecule has 0 radical (unpaired) electrons. The van der Waals surface area contributed by atoms with Crippen LogP contribution in [0, 0.1) is 0 Å². The molecule has 2 rings (SSSR count). The van der Waals surface area contributed by atoms with Crippen molar-refractivity contribution in [2.75, 3.05) is 7.11 Å². The fourth-order valence-corrected chi connectivity index (χ4v) is 2.65. The molecule has 2 aromatic carbocycles. The second-order valence-corrected chi connectivity index (χ2v) is 5.47. The predicted octanol–water partition coefficient (Wildman–Crippen LogP) is 4.39. The number of halogens is 2. The highest BCUT2D eigenvalue weighted by Crippen LogP contribution is 2.30. The van der Waals surface area contributed by atoms with Crippen molar-refractivity contribution in [3.8, 4) is 5.75 Å². The second-order valence-electron chi connectivity index (χ2n) is 4.21. The third-order valence-corrected chi connectivity index (χ3v) is 3.92. The summed E-state index contributed by atoms with van der Waals surface area (Å²) in [4.78, 5) is 0. The van der Waals surface area contributed by atoms with Gasteiger partial charge in [0.25, 0.3) is 0 Å². The first-order chi connectivity index (χ1) is 9.11. The van der Waals surface area contributed by atoms with Gasteiger partial charge in [0.1, 0.15) is 5.75 Å². The normalized spacial score (nSPS) is 12.2. The van der Waals surface area contributed by atoms with Crippen molar-refractivity contribution in [2.24, 2.45) is 0 Å². The Hall–Kier alpha value is -1.03. The second kappa shape index (κ2) is 6.42. The topological polar surface area (TPSA) is 29.5 Å². The highest BCUT2D eigenvalue weighted by Gasteiger charge is 2.12. The van der Waals surface area contributed by atoms with Gasteiger partial charge >= 0.3 is 0 Å². The Balaban J connectivity index is 2.18. The summed E-state index contributed by atoms with van der Waals surface area (Å²) in [6.07, 6.45) is -0.111. The number of ether oxygens (including phenoxy) is 1. The van der Waals surface area contributed by atoms with Crippen molar-refractivity contribution >= 4 is 27.5 Å². The van der Waals surface area contributed by atoms with E-state index in [2.05, 4.69) is 15.9 Å². The van der Waals surface area contributed by atoms with Gasteiger partial charge in [0.2, 0.25) is 0 Å². The summed E-state index contributed by atoms with van der Waals surface area (Å²) in [5.41, 5.74) is 1.76. The highest BCUT2D eigenvalue weighted by molar-refractivity contribution is 9.10. The minimum absolute atomic E-state index is 0.485. The molecular weight excluding hydrogens is 328 g/mol. The standard InChI is InChI=1S/C15H14BrClO2/c1-19-15-7-6-11(8-12(15)16)14(18)9-10-4-2-3-5-13(10)17/h2-8,14,18H,9H2,1H3. The molecule has 100 valence electrons. The van der Waals surface area contributed by atoms with E-state index >= 15 is 0 Å². The van der Waals surface area contributed by atoms with E-state index in [0.717, 1.165) is 21.3 Å². The number of hydrogen-bond acceptors (Lipinski definition) is 2. The van der Waals surface area contributed by atoms with Gasteiger partial charge in [-0.25, -0.2) is 0 Å². The van der Waals surface area contributed by atoms with Crippen LogP contribution in [0.1, 0.15) is 17.2 Å². The summed E-state index contributed by atoms with van der Waals surface area (Å²) in [5, 5.41) is 10.9. The SMILES string of the molecule is COc1ccc(C(O)Cc2ccccc2Cl)cc1Br. The molecule has 0 aliphatic rings. The molecule has 2 nitrogen and oxygen atoms in total. The van der Waals surface area contributed by atoms with E-state index in [1.165, 1.54) is 0 Å². The van der Waals surface area contributed by atoms with Crippen LogP contribution in [0.4, 0.5) is 0 Å². The van der Waals surface area contributed by atoms with Gasteiger partial charge in [-0.3, -0.25) is 0 Å². The quantitative estimate of drug-likeness (QED) is 0.894. The van der Waals surface area contributed by atoms with Crippen molar-refractivity contribution in [2.45, 2.75) is 12.5 Å². The third kappa shape index (κ3) is 3.50. The molecule has 1 atom stereocenters. The summed E-state index contributed by atoms with van der Waals surface area (Å²) in [7, 11) is 1.61. The third-order valence-electron chi connectivity index (χ3n) is 2.93. The Morgan fingerprint density at radius 2 is 2.00 bits per heavy atom. The Morgan fingerprint density at radius 1 is 1.26 bits per heavy atom. The molecule has 0 aliphatic carbocycles. The Bertz CT molecular complexity index is 572. The molecule has 0 aliphatic heterocycles. The van der Waals surface area contributed by atoms with E-state index in [0.29, 0.717) is 11.4 Å². The largest absolute Gasteiger partial charge is 0.496 e. The smallest absolute Gasteiger partial charge is 0.133 e. The zero-order valence-corrected chi connectivity index (χ0v) is 12.8. The van der Waals surface area contributed by atoms with Crippen LogP contribution in [-0.2, 0) is 6.42 Å². The monoisotopic (exact) mass is 340 g/mol. The van der Waals surface area contributed by atoms with Gasteiger partial charge in [-0.2, -0.15) is 0 Å². The molecule has 0 aromatic heterocycles. The molecule has 0 spiro atoms. The summed E-state index contributed by atoms with van der Waals surface area (Å²) < 4.78 is 5.99. The summed E-state index contributed by atoms with van der Waals surface area (Å²) in [6, 6.07) is 13.1. The maximum Gasteiger partial charge on any atom is 0.133 e. The van der Waals surface area contributed by atoms with Gasteiger partial charge in [-0.1, -0.05) is 35.9 Å². The molecular formula is C15H14BrClO2. The number of hydrogen-bond donors (Lipinski definition) is 1. The van der Waals surface area contributed by atoms with Gasteiger partial charge in [0, 0.05) is 11.4 Å². The maximum atomic E-state index is 10.3. The predicted molar refractivity (Wildman–Crippen MR) is 80.8 cm³/mol. The minimum Gasteiger partial charge on any atom is -0.496 e. The van der Waals surface area contributed by atoms with Crippen molar-refractivity contribution < 1.29 is 9.84 Å². The highest BCUT2D eigenvalue weighted by atomic mass is 79.9. The van der Waals surface area contributed by atoms with Gasteiger partial charge in [0.05, 0.1) is 17.7 Å². The molecule has 0 saturated carbocycles. The van der Waals surface area contributed by atoms with E-state index < -0.39 is 6.10 Å². The summed E-state index contributed by atoms with van der Waals surface area (Å²) in [5.74, 6) is 0.744. The van der Waals surface area contributed by atoms with Gasteiger partial charge in [0.15, 0.2) is 0 Å². The molecule has 0 bridgehead atoms. The first-order valence-corrected chi connectivity index (χ1v) is 7.04. The van der Waals surface area contributed by atoms with Crippen LogP contribution in [0.3, 0.4) is 0 Å². The van der Waals surface area contributed by atoms with Crippen LogP contribution < -0.4 is 4.74 Å². The number of benzene rings is 2. The van der Waals surface area contributed by atoms with E-state index in [-0.39, 0.29) is 0 Å². The van der Waals surface area contributed by atoms with Gasteiger partial charge in [-0.05, 0) is 45.3 Å². The molecule has 0 amide bonds. The van der Waals surface area contributed by atoms with E-state index in [1.807, 2.05) is 42.5 Å². The van der Waals surface area contributed by atoms with Crippen LogP contribution in [0.5, 0.6) is 5.75 Å². The molecule has 0 saturated heterocycles. The first kappa shape index (κ1) is 14.4. The Labute approximate surface area is 126 Å². The Morgan fingerprint density at radius 3 is 2.63 bits per heavy atom. The van der Waals surface area contributed by atoms with Crippen LogP contribution >= 0.6 is 27.5 Å². The summed E-state index contributed by atoms with van der Waals surface area (Å²) in [6.45, 7) is 0. The molecule has 2 aromatic rings. The van der Waals surface area contributed by atoms with E-state index in [4.69, 9.17) is 16.3 Å². The van der Waals surface area contributed by atoms with Crippen molar-refractivity contribution in [3.63, 3.8) is 0 Å². The molecule has 0 heterocycles. The van der Waals surface area contributed by atoms with Gasteiger partial charge in [-0.15, -0.1) is 0 Å². The molecule has 1 unspecified atom stereocenters. The molecule has 1 N–H and O–H groups in total. The fourth-order valence-electron chi connectivity index (χ4n) is 1.88. The maximum absolute atomic E-state index is 10.3. The van der Waals surface area contributed by atoms with Crippen LogP contribution in [-0.4, -0.2) is 12.2 Å². The number of aliphatic hydroxyl groups excluding tert-OH is 1. The first-order valence-electron chi connectivity index (χ1n) is 5.86. The number of methoxy groups -OCH3 is 1. The Kier molecular flexibility index (Phi) is 4.86. The molecule has 4 heteroatoms. The fraction of sp³-hybridized carbons (Fsp3) is 0.200. The zero-order valence-electron chi connectivity index (χ0n) is 10.4. The number of aliphatic hydroxyl groups is 1. The number of rotatable bonds is 4. The van der Waals surface area contributed by atoms with Crippen molar-refractivity contribution in [3.05, 3.63) is 63.1 Å². The lowest BCUT2D eigenvalue weighted by molar-refractivity contribution is 0.178. The van der Waals surface area contributed by atoms with Crippen LogP contribution in [0.25, 0.3) is 0 Å². The minimum atomic E-state index is -0.595. The lowest BCUT2D eigenvalue weighted by Crippen LogP contribution is -2.02. The van der Waals surface area contributed by atoms with Gasteiger partial charge < -0.3 is 9.84 Å². The molecule has 0 fully saturated rings. The van der Waals surface area contributed by atoms with Crippen LogP contribution in [0.15, 0.2) is 46.9 Å². The van der Waals surface area contributed by atoms with Crippen molar-refractivity contribution in [1.29, 1.82) is 0 Å². The van der Waals surface area contributed by atoms with Crippen molar-refractivity contribution in [1.82, 2.24) is 0 Å². The van der Waals surface area contributed by atoms with E-state index in [9.17, 15) is 5.11 Å². The summed E-state index contributed by atoms with van der Waals surface area (Å²) >= 11 is 9.51. The zero-order chi connectivity index (χ0) is 13.8. The van der Waals surface area contributed by atoms with E-state index in [1.54, 1.807) is 7.11 Å². The lowest BCUT2D eigenvalue weighted by Gasteiger charge is -2.13. The lowest BCUT2D eigenvalue weighted by atomic mass is 10.0. The molecule has 19 heavy (non-hydrogen) atoms.